The highest BCUT2D eigenvalue weighted by atomic mass is 16.4. The van der Waals surface area contributed by atoms with E-state index in [1.165, 1.54) is 0 Å². The Labute approximate surface area is 165 Å². The lowest BCUT2D eigenvalue weighted by atomic mass is 9.98. The normalized spacial score (nSPS) is 10.7. The molecule has 0 fully saturated rings. The first-order valence-corrected chi connectivity index (χ1v) is 9.25. The summed E-state index contributed by atoms with van der Waals surface area (Å²) in [5.41, 5.74) is 3.63. The molecule has 0 saturated carbocycles. The minimum atomic E-state index is -0.947. The molecule has 0 saturated heterocycles. The molecule has 28 heavy (non-hydrogen) atoms. The molecule has 0 bridgehead atoms. The average molecular weight is 373 g/mol. The highest BCUT2D eigenvalue weighted by Crippen LogP contribution is 2.25. The molecule has 1 N–H and O–H groups in total. The second-order valence-corrected chi connectivity index (χ2v) is 6.96. The number of carbonyl (C=O) groups excluding carboxylic acids is 1. The second kappa shape index (κ2) is 8.53. The van der Waals surface area contributed by atoms with Crippen molar-refractivity contribution in [3.63, 3.8) is 0 Å². The third-order valence-electron chi connectivity index (χ3n) is 4.59. The van der Waals surface area contributed by atoms with Crippen LogP contribution in [-0.4, -0.2) is 17.0 Å². The van der Waals surface area contributed by atoms with E-state index in [9.17, 15) is 14.7 Å². The summed E-state index contributed by atoms with van der Waals surface area (Å²) >= 11 is 0. The van der Waals surface area contributed by atoms with E-state index in [-0.39, 0.29) is 17.4 Å². The number of aromatic carboxylic acids is 1. The molecule has 0 aliphatic rings. The van der Waals surface area contributed by atoms with Crippen LogP contribution in [-0.2, 0) is 11.3 Å². The molecule has 3 aromatic carbocycles. The summed E-state index contributed by atoms with van der Waals surface area (Å²) in [6, 6.07) is 24.3. The SMILES string of the molecule is CC(C)C(=O)N(Cc1ccc(-c2ccccc2C(=O)O)cc1)c1ccccc1. The highest BCUT2D eigenvalue weighted by molar-refractivity contribution is 5.96. The quantitative estimate of drug-likeness (QED) is 0.643. The van der Waals surface area contributed by atoms with Crippen LogP contribution in [0.15, 0.2) is 78.9 Å². The molecule has 142 valence electrons. The maximum Gasteiger partial charge on any atom is 0.336 e. The molecule has 0 unspecified atom stereocenters. The van der Waals surface area contributed by atoms with Crippen molar-refractivity contribution in [3.05, 3.63) is 90.0 Å². The number of hydrogen-bond donors (Lipinski definition) is 1. The summed E-state index contributed by atoms with van der Waals surface area (Å²) < 4.78 is 0. The summed E-state index contributed by atoms with van der Waals surface area (Å²) in [7, 11) is 0. The van der Waals surface area contributed by atoms with E-state index in [0.29, 0.717) is 12.1 Å². The zero-order chi connectivity index (χ0) is 20.1. The molecule has 0 aliphatic heterocycles. The Morgan fingerprint density at radius 1 is 0.857 bits per heavy atom. The number of carbonyl (C=O) groups is 2. The number of rotatable bonds is 6. The van der Waals surface area contributed by atoms with Crippen LogP contribution in [0.2, 0.25) is 0 Å². The Kier molecular flexibility index (Phi) is 5.90. The number of amides is 1. The van der Waals surface area contributed by atoms with Crippen LogP contribution in [0.3, 0.4) is 0 Å². The van der Waals surface area contributed by atoms with Gasteiger partial charge in [-0.2, -0.15) is 0 Å². The first-order chi connectivity index (χ1) is 13.5. The minimum Gasteiger partial charge on any atom is -0.478 e. The second-order valence-electron chi connectivity index (χ2n) is 6.96. The van der Waals surface area contributed by atoms with E-state index in [2.05, 4.69) is 0 Å². The van der Waals surface area contributed by atoms with Gasteiger partial charge < -0.3 is 10.0 Å². The number of nitrogens with zero attached hydrogens (tertiary/aromatic N) is 1. The topological polar surface area (TPSA) is 57.6 Å². The van der Waals surface area contributed by atoms with Crippen LogP contribution in [0.25, 0.3) is 11.1 Å². The van der Waals surface area contributed by atoms with Gasteiger partial charge in [0.1, 0.15) is 0 Å². The molecule has 0 heterocycles. The maximum atomic E-state index is 12.7. The van der Waals surface area contributed by atoms with E-state index in [1.54, 1.807) is 23.1 Å². The van der Waals surface area contributed by atoms with Crippen molar-refractivity contribution in [1.82, 2.24) is 0 Å². The van der Waals surface area contributed by atoms with Crippen molar-refractivity contribution in [2.45, 2.75) is 20.4 Å². The van der Waals surface area contributed by atoms with Crippen LogP contribution < -0.4 is 4.90 Å². The van der Waals surface area contributed by atoms with E-state index in [0.717, 1.165) is 16.8 Å². The first kappa shape index (κ1) is 19.4. The van der Waals surface area contributed by atoms with Gasteiger partial charge in [-0.3, -0.25) is 4.79 Å². The summed E-state index contributed by atoms with van der Waals surface area (Å²) in [5, 5.41) is 9.40. The summed E-state index contributed by atoms with van der Waals surface area (Å²) in [6.45, 7) is 4.25. The third kappa shape index (κ3) is 4.29. The predicted octanol–water partition coefficient (Wildman–Crippen LogP) is 5.24. The standard InChI is InChI=1S/C24H23NO3/c1-17(2)23(26)25(20-8-4-3-5-9-20)16-18-12-14-19(15-13-18)21-10-6-7-11-22(21)24(27)28/h3-15,17H,16H2,1-2H3,(H,27,28). The fraction of sp³-hybridized carbons (Fsp3) is 0.167. The van der Waals surface area contributed by atoms with Gasteiger partial charge in [-0.1, -0.05) is 74.5 Å². The van der Waals surface area contributed by atoms with E-state index in [4.69, 9.17) is 0 Å². The molecule has 4 heteroatoms. The van der Waals surface area contributed by atoms with Gasteiger partial charge in [-0.15, -0.1) is 0 Å². The maximum absolute atomic E-state index is 12.7. The molecular formula is C24H23NO3. The number of benzene rings is 3. The van der Waals surface area contributed by atoms with Gasteiger partial charge in [0.15, 0.2) is 0 Å². The number of anilines is 1. The van der Waals surface area contributed by atoms with Gasteiger partial charge in [0, 0.05) is 11.6 Å². The smallest absolute Gasteiger partial charge is 0.336 e. The molecule has 3 rings (SSSR count). The highest BCUT2D eigenvalue weighted by Gasteiger charge is 2.19. The number of carboxylic acid groups (broad SMARTS) is 1. The van der Waals surface area contributed by atoms with Crippen molar-refractivity contribution in [1.29, 1.82) is 0 Å². The Balaban J connectivity index is 1.88. The molecule has 0 radical (unpaired) electrons. The van der Waals surface area contributed by atoms with Crippen molar-refractivity contribution in [3.8, 4) is 11.1 Å². The van der Waals surface area contributed by atoms with Crippen LogP contribution in [0, 0.1) is 5.92 Å². The fourth-order valence-corrected chi connectivity index (χ4v) is 3.11. The van der Waals surface area contributed by atoms with Crippen molar-refractivity contribution >= 4 is 17.6 Å². The van der Waals surface area contributed by atoms with Crippen molar-refractivity contribution < 1.29 is 14.7 Å². The first-order valence-electron chi connectivity index (χ1n) is 9.25. The molecule has 3 aromatic rings. The monoisotopic (exact) mass is 373 g/mol. The largest absolute Gasteiger partial charge is 0.478 e. The van der Waals surface area contributed by atoms with Gasteiger partial charge >= 0.3 is 5.97 Å². The van der Waals surface area contributed by atoms with E-state index in [1.807, 2.05) is 74.5 Å². The van der Waals surface area contributed by atoms with Gasteiger partial charge in [-0.25, -0.2) is 4.79 Å². The van der Waals surface area contributed by atoms with E-state index >= 15 is 0 Å². The lowest BCUT2D eigenvalue weighted by Crippen LogP contribution is -2.33. The Hall–Kier alpha value is -3.40. The van der Waals surface area contributed by atoms with Crippen molar-refractivity contribution in [2.75, 3.05) is 4.90 Å². The summed E-state index contributed by atoms with van der Waals surface area (Å²) in [4.78, 5) is 26.0. The number of carboxylic acids is 1. The number of para-hydroxylation sites is 1. The van der Waals surface area contributed by atoms with Crippen LogP contribution in [0.5, 0.6) is 0 Å². The molecule has 0 atom stereocenters. The van der Waals surface area contributed by atoms with Crippen LogP contribution >= 0.6 is 0 Å². The molecule has 4 nitrogen and oxygen atoms in total. The Morgan fingerprint density at radius 3 is 2.07 bits per heavy atom. The van der Waals surface area contributed by atoms with Crippen molar-refractivity contribution in [2.24, 2.45) is 5.92 Å². The lowest BCUT2D eigenvalue weighted by molar-refractivity contribution is -0.121. The Bertz CT molecular complexity index is 963. The molecule has 1 amide bonds. The van der Waals surface area contributed by atoms with Gasteiger partial charge in [0.25, 0.3) is 0 Å². The zero-order valence-electron chi connectivity index (χ0n) is 16.0. The number of hydrogen-bond acceptors (Lipinski definition) is 2. The minimum absolute atomic E-state index is 0.0616. The zero-order valence-corrected chi connectivity index (χ0v) is 16.0. The fourth-order valence-electron chi connectivity index (χ4n) is 3.11. The van der Waals surface area contributed by atoms with Gasteiger partial charge in [0.05, 0.1) is 12.1 Å². The third-order valence-corrected chi connectivity index (χ3v) is 4.59. The van der Waals surface area contributed by atoms with Crippen LogP contribution in [0.1, 0.15) is 29.8 Å². The Morgan fingerprint density at radius 2 is 1.46 bits per heavy atom. The summed E-state index contributed by atoms with van der Waals surface area (Å²) in [6.07, 6.45) is 0. The van der Waals surface area contributed by atoms with Gasteiger partial charge in [0.2, 0.25) is 5.91 Å². The summed E-state index contributed by atoms with van der Waals surface area (Å²) in [5.74, 6) is -0.995. The molecule has 0 aliphatic carbocycles. The molecule has 0 spiro atoms. The molecule has 0 aromatic heterocycles. The van der Waals surface area contributed by atoms with Crippen LogP contribution in [0.4, 0.5) is 5.69 Å². The lowest BCUT2D eigenvalue weighted by Gasteiger charge is -2.25. The van der Waals surface area contributed by atoms with E-state index < -0.39 is 5.97 Å². The average Bonchev–Trinajstić information content (AvgIpc) is 2.72. The molecular weight excluding hydrogens is 350 g/mol. The van der Waals surface area contributed by atoms with Gasteiger partial charge in [-0.05, 0) is 34.9 Å². The predicted molar refractivity (Wildman–Crippen MR) is 111 cm³/mol.